The number of hydrogen-bond acceptors (Lipinski definition) is 8. The first kappa shape index (κ1) is 24.2. The van der Waals surface area contributed by atoms with Crippen molar-refractivity contribution < 1.29 is 39.3 Å². The number of amides is 4. The predicted molar refractivity (Wildman–Crippen MR) is 89.7 cm³/mol. The molecule has 0 fully saturated rings. The molecule has 0 aliphatic carbocycles. The fourth-order valence-electron chi connectivity index (χ4n) is 1.76. The Labute approximate surface area is 154 Å². The van der Waals surface area contributed by atoms with E-state index in [1.807, 2.05) is 0 Å². The third kappa shape index (κ3) is 9.48. The van der Waals surface area contributed by atoms with Crippen LogP contribution in [-0.2, 0) is 24.0 Å². The Bertz CT molecular complexity index is 568. The number of carbonyl (C=O) groups excluding carboxylic acids is 4. The molecule has 13 heteroatoms. The minimum absolute atomic E-state index is 0.268. The Morgan fingerprint density at radius 1 is 1.04 bits per heavy atom. The van der Waals surface area contributed by atoms with Gasteiger partial charge in [0.2, 0.25) is 23.6 Å². The maximum Gasteiger partial charge on any atom is 0.326 e. The van der Waals surface area contributed by atoms with Gasteiger partial charge in [-0.25, -0.2) is 4.79 Å². The van der Waals surface area contributed by atoms with Gasteiger partial charge in [0, 0.05) is 6.42 Å². The summed E-state index contributed by atoms with van der Waals surface area (Å²) < 4.78 is 0. The Morgan fingerprint density at radius 2 is 1.63 bits per heavy atom. The van der Waals surface area contributed by atoms with Crippen LogP contribution in [0.3, 0.4) is 0 Å². The topological polar surface area (TPSA) is 234 Å². The molecule has 0 heterocycles. The lowest BCUT2D eigenvalue weighted by atomic mass is 10.1. The molecule has 0 spiro atoms. The maximum absolute atomic E-state index is 12.0. The second-order valence-electron chi connectivity index (χ2n) is 5.69. The number of aliphatic carboxylic acids is 1. The second kappa shape index (κ2) is 11.8. The summed E-state index contributed by atoms with van der Waals surface area (Å²) in [5, 5.41) is 33.7. The number of carboxylic acids is 1. The van der Waals surface area contributed by atoms with Gasteiger partial charge in [-0.15, -0.1) is 0 Å². The maximum atomic E-state index is 12.0. The van der Waals surface area contributed by atoms with Gasteiger partial charge in [-0.3, -0.25) is 19.2 Å². The van der Waals surface area contributed by atoms with Crippen molar-refractivity contribution in [3.63, 3.8) is 0 Å². The SMILES string of the molecule is CC(O)C(N)C(=O)NCC(=O)NC(CO)C(=O)NC(CCC(N)=O)C(=O)O. The summed E-state index contributed by atoms with van der Waals surface area (Å²) in [7, 11) is 0. The number of hydrogen-bond donors (Lipinski definition) is 8. The summed E-state index contributed by atoms with van der Waals surface area (Å²) in [6.07, 6.45) is -1.70. The Morgan fingerprint density at radius 3 is 2.07 bits per heavy atom. The van der Waals surface area contributed by atoms with E-state index in [9.17, 15) is 34.2 Å². The normalized spacial score (nSPS) is 15.0. The van der Waals surface area contributed by atoms with Crippen molar-refractivity contribution in [2.24, 2.45) is 11.5 Å². The molecule has 4 unspecified atom stereocenters. The first-order valence-electron chi connectivity index (χ1n) is 7.92. The number of aliphatic hydroxyl groups is 2. The van der Waals surface area contributed by atoms with Gasteiger partial charge in [0.05, 0.1) is 19.3 Å². The van der Waals surface area contributed by atoms with Crippen LogP contribution in [0.5, 0.6) is 0 Å². The molecule has 4 amide bonds. The molecule has 0 aromatic rings. The molecule has 10 N–H and O–H groups in total. The van der Waals surface area contributed by atoms with Crippen molar-refractivity contribution in [1.29, 1.82) is 0 Å². The van der Waals surface area contributed by atoms with Gasteiger partial charge in [0.1, 0.15) is 18.1 Å². The Hall–Kier alpha value is -2.77. The smallest absolute Gasteiger partial charge is 0.326 e. The summed E-state index contributed by atoms with van der Waals surface area (Å²) in [4.78, 5) is 57.1. The first-order chi connectivity index (χ1) is 12.5. The van der Waals surface area contributed by atoms with Crippen LogP contribution in [0.15, 0.2) is 0 Å². The number of carboxylic acid groups (broad SMARTS) is 1. The number of nitrogens with one attached hydrogen (secondary N) is 3. The van der Waals surface area contributed by atoms with Crippen LogP contribution in [0.1, 0.15) is 19.8 Å². The summed E-state index contributed by atoms with van der Waals surface area (Å²) in [6, 6.07) is -4.19. The molecule has 0 radical (unpaired) electrons. The lowest BCUT2D eigenvalue weighted by Crippen LogP contribution is -2.55. The van der Waals surface area contributed by atoms with E-state index in [4.69, 9.17) is 16.6 Å². The standard InChI is InChI=1S/C14H25N5O8/c1-6(21)11(16)13(25)17-4-10(23)18-8(5-20)12(24)19-7(14(26)27)2-3-9(15)22/h6-8,11,20-21H,2-5,16H2,1H3,(H2,15,22)(H,17,25)(H,18,23)(H,19,24)(H,26,27). The minimum Gasteiger partial charge on any atom is -0.480 e. The molecule has 0 bridgehead atoms. The van der Waals surface area contributed by atoms with Crippen molar-refractivity contribution >= 4 is 29.6 Å². The van der Waals surface area contributed by atoms with Crippen molar-refractivity contribution in [2.75, 3.05) is 13.2 Å². The van der Waals surface area contributed by atoms with Crippen LogP contribution in [0.2, 0.25) is 0 Å². The summed E-state index contributed by atoms with van der Waals surface area (Å²) in [6.45, 7) is -0.151. The highest BCUT2D eigenvalue weighted by Gasteiger charge is 2.27. The van der Waals surface area contributed by atoms with E-state index in [1.54, 1.807) is 0 Å². The van der Waals surface area contributed by atoms with Gasteiger partial charge in [-0.05, 0) is 13.3 Å². The van der Waals surface area contributed by atoms with E-state index in [1.165, 1.54) is 6.92 Å². The van der Waals surface area contributed by atoms with E-state index < -0.39 is 67.0 Å². The predicted octanol–water partition coefficient (Wildman–Crippen LogP) is -4.88. The number of carbonyl (C=O) groups is 5. The van der Waals surface area contributed by atoms with Gasteiger partial charge in [0.25, 0.3) is 0 Å². The highest BCUT2D eigenvalue weighted by Crippen LogP contribution is 1.98. The number of primary amides is 1. The lowest BCUT2D eigenvalue weighted by Gasteiger charge is -2.20. The summed E-state index contributed by atoms with van der Waals surface area (Å²) in [5.41, 5.74) is 10.3. The van der Waals surface area contributed by atoms with Crippen molar-refractivity contribution in [2.45, 2.75) is 44.0 Å². The summed E-state index contributed by atoms with van der Waals surface area (Å²) in [5.74, 6) is -4.85. The quantitative estimate of drug-likeness (QED) is 0.159. The minimum atomic E-state index is -1.49. The molecular weight excluding hydrogens is 366 g/mol. The van der Waals surface area contributed by atoms with Crippen LogP contribution in [0.25, 0.3) is 0 Å². The van der Waals surface area contributed by atoms with Crippen LogP contribution >= 0.6 is 0 Å². The fourth-order valence-corrected chi connectivity index (χ4v) is 1.76. The molecule has 4 atom stereocenters. The molecule has 0 aliphatic rings. The van der Waals surface area contributed by atoms with Gasteiger partial charge in [-0.2, -0.15) is 0 Å². The molecule has 154 valence electrons. The van der Waals surface area contributed by atoms with Crippen molar-refractivity contribution in [3.8, 4) is 0 Å². The van der Waals surface area contributed by atoms with Gasteiger partial charge in [0.15, 0.2) is 0 Å². The number of rotatable bonds is 12. The zero-order chi connectivity index (χ0) is 21.1. The Balaban J connectivity index is 4.65. The Kier molecular flexibility index (Phi) is 10.6. The average Bonchev–Trinajstić information content (AvgIpc) is 2.59. The van der Waals surface area contributed by atoms with Crippen LogP contribution in [0.4, 0.5) is 0 Å². The fraction of sp³-hybridized carbons (Fsp3) is 0.643. The summed E-state index contributed by atoms with van der Waals surface area (Å²) >= 11 is 0. The van der Waals surface area contributed by atoms with Gasteiger partial charge >= 0.3 is 5.97 Å². The molecule has 13 nitrogen and oxygen atoms in total. The molecular formula is C14H25N5O8. The molecule has 0 aromatic heterocycles. The second-order valence-corrected chi connectivity index (χ2v) is 5.69. The van der Waals surface area contributed by atoms with Crippen LogP contribution in [-0.4, -0.2) is 82.3 Å². The third-order valence-electron chi connectivity index (χ3n) is 3.37. The zero-order valence-corrected chi connectivity index (χ0v) is 14.7. The largest absolute Gasteiger partial charge is 0.480 e. The molecule has 0 aromatic carbocycles. The third-order valence-corrected chi connectivity index (χ3v) is 3.37. The van der Waals surface area contributed by atoms with Gasteiger partial charge < -0.3 is 42.7 Å². The van der Waals surface area contributed by atoms with E-state index >= 15 is 0 Å². The van der Waals surface area contributed by atoms with E-state index in [-0.39, 0.29) is 12.8 Å². The monoisotopic (exact) mass is 391 g/mol. The lowest BCUT2D eigenvalue weighted by molar-refractivity contribution is -0.142. The molecule has 27 heavy (non-hydrogen) atoms. The number of nitrogens with two attached hydrogens (primary N) is 2. The zero-order valence-electron chi connectivity index (χ0n) is 14.7. The van der Waals surface area contributed by atoms with E-state index in [2.05, 4.69) is 16.0 Å². The van der Waals surface area contributed by atoms with Crippen LogP contribution < -0.4 is 27.4 Å². The van der Waals surface area contributed by atoms with Gasteiger partial charge in [-0.1, -0.05) is 0 Å². The first-order valence-corrected chi connectivity index (χ1v) is 7.92. The number of aliphatic hydroxyl groups excluding tert-OH is 2. The van der Waals surface area contributed by atoms with E-state index in [0.717, 1.165) is 0 Å². The molecule has 0 saturated heterocycles. The van der Waals surface area contributed by atoms with Crippen LogP contribution in [0, 0.1) is 0 Å². The van der Waals surface area contributed by atoms with Crippen molar-refractivity contribution in [3.05, 3.63) is 0 Å². The average molecular weight is 391 g/mol. The highest BCUT2D eigenvalue weighted by atomic mass is 16.4. The highest BCUT2D eigenvalue weighted by molar-refractivity contribution is 5.92. The van der Waals surface area contributed by atoms with Crippen molar-refractivity contribution in [1.82, 2.24) is 16.0 Å². The van der Waals surface area contributed by atoms with E-state index in [0.29, 0.717) is 0 Å². The molecule has 0 aliphatic heterocycles. The molecule has 0 saturated carbocycles. The molecule has 0 rings (SSSR count).